The number of thiol groups is 1. The Hall–Kier alpha value is 0.447. The van der Waals surface area contributed by atoms with E-state index in [2.05, 4.69) is 12.6 Å². The third-order valence-electron chi connectivity index (χ3n) is 3.05. The van der Waals surface area contributed by atoms with E-state index in [0.29, 0.717) is 10.8 Å². The maximum absolute atomic E-state index is 5.48. The molecule has 1 rings (SSSR count). The molecule has 0 aromatic rings. The molecule has 0 unspecified atom stereocenters. The van der Waals surface area contributed by atoms with E-state index in [1.807, 2.05) is 0 Å². The molecule has 14 heavy (non-hydrogen) atoms. The number of hydrogen-bond donors (Lipinski definition) is 1. The first-order valence-corrected chi connectivity index (χ1v) is 7.34. The molecule has 3 nitrogen and oxygen atoms in total. The fourth-order valence-corrected chi connectivity index (χ4v) is 5.02. The molecule has 0 aromatic carbocycles. The van der Waals surface area contributed by atoms with Crippen LogP contribution in [0, 0.1) is 0 Å². The van der Waals surface area contributed by atoms with E-state index >= 15 is 0 Å². The highest BCUT2D eigenvalue weighted by molar-refractivity contribution is 7.80. The summed E-state index contributed by atoms with van der Waals surface area (Å²) in [7, 11) is 2.68. The van der Waals surface area contributed by atoms with Crippen LogP contribution in [0.4, 0.5) is 0 Å². The van der Waals surface area contributed by atoms with Crippen LogP contribution in [-0.2, 0) is 13.3 Å². The minimum atomic E-state index is -2.38. The third-order valence-corrected chi connectivity index (χ3v) is 6.85. The maximum Gasteiger partial charge on any atom is 0.503 e. The normalized spacial score (nSPS) is 29.1. The van der Waals surface area contributed by atoms with Crippen molar-refractivity contribution in [2.24, 2.45) is 0 Å². The topological polar surface area (TPSA) is 27.7 Å². The van der Waals surface area contributed by atoms with Crippen LogP contribution in [0.2, 0.25) is 5.54 Å². The van der Waals surface area contributed by atoms with Gasteiger partial charge in [-0.15, -0.1) is 0 Å². The Morgan fingerprint density at radius 3 is 1.71 bits per heavy atom. The van der Waals surface area contributed by atoms with E-state index in [1.54, 1.807) is 21.3 Å². The summed E-state index contributed by atoms with van der Waals surface area (Å²) in [4.78, 5) is 0. The zero-order valence-electron chi connectivity index (χ0n) is 9.16. The molecule has 0 saturated heterocycles. The molecule has 1 fully saturated rings. The highest BCUT2D eigenvalue weighted by Crippen LogP contribution is 2.39. The van der Waals surface area contributed by atoms with Gasteiger partial charge in [-0.05, 0) is 25.7 Å². The summed E-state index contributed by atoms with van der Waals surface area (Å²) in [6, 6.07) is 0. The molecule has 0 heterocycles. The average molecular weight is 236 g/mol. The van der Waals surface area contributed by atoms with Gasteiger partial charge in [0.05, 0.1) is 0 Å². The molecule has 1 saturated carbocycles. The van der Waals surface area contributed by atoms with Crippen molar-refractivity contribution in [1.82, 2.24) is 0 Å². The van der Waals surface area contributed by atoms with Gasteiger partial charge in [0.15, 0.2) is 0 Å². The molecule has 0 amide bonds. The monoisotopic (exact) mass is 236 g/mol. The molecule has 0 aromatic heterocycles. The molecule has 0 spiro atoms. The second kappa shape index (κ2) is 5.51. The standard InChI is InChI=1S/C9H20O3SSi/c1-10-14(11-2,12-3)9-6-4-8(13)5-7-9/h8-9,13H,4-7H2,1-3H3. The van der Waals surface area contributed by atoms with E-state index in [9.17, 15) is 0 Å². The van der Waals surface area contributed by atoms with Gasteiger partial charge in [0.2, 0.25) is 0 Å². The SMILES string of the molecule is CO[Si](OC)(OC)C1CCC(S)CC1. The highest BCUT2D eigenvalue weighted by atomic mass is 32.1. The summed E-state index contributed by atoms with van der Waals surface area (Å²) in [5.74, 6) is 0. The van der Waals surface area contributed by atoms with Crippen LogP contribution in [0.25, 0.3) is 0 Å². The lowest BCUT2D eigenvalue weighted by Gasteiger charge is -2.35. The predicted molar refractivity (Wildman–Crippen MR) is 61.8 cm³/mol. The zero-order valence-corrected chi connectivity index (χ0v) is 11.0. The fraction of sp³-hybridized carbons (Fsp3) is 1.00. The van der Waals surface area contributed by atoms with Gasteiger partial charge in [0, 0.05) is 32.1 Å². The molecule has 1 aliphatic carbocycles. The van der Waals surface area contributed by atoms with E-state index < -0.39 is 8.80 Å². The van der Waals surface area contributed by atoms with Crippen LogP contribution in [0.15, 0.2) is 0 Å². The van der Waals surface area contributed by atoms with Crippen molar-refractivity contribution in [1.29, 1.82) is 0 Å². The lowest BCUT2D eigenvalue weighted by molar-refractivity contribution is 0.105. The quantitative estimate of drug-likeness (QED) is 0.598. The smallest absolute Gasteiger partial charge is 0.377 e. The van der Waals surface area contributed by atoms with Crippen molar-refractivity contribution in [3.05, 3.63) is 0 Å². The summed E-state index contributed by atoms with van der Waals surface area (Å²) in [6.45, 7) is 0. The first-order chi connectivity index (χ1) is 6.68. The number of hydrogen-bond acceptors (Lipinski definition) is 4. The molecule has 5 heteroatoms. The summed E-state index contributed by atoms with van der Waals surface area (Å²) >= 11 is 4.48. The van der Waals surface area contributed by atoms with Crippen LogP contribution in [0.3, 0.4) is 0 Å². The van der Waals surface area contributed by atoms with Crippen molar-refractivity contribution >= 4 is 21.4 Å². The fourth-order valence-electron chi connectivity index (χ4n) is 2.18. The van der Waals surface area contributed by atoms with Crippen LogP contribution in [-0.4, -0.2) is 35.4 Å². The van der Waals surface area contributed by atoms with Gasteiger partial charge in [-0.2, -0.15) is 12.6 Å². The van der Waals surface area contributed by atoms with Crippen molar-refractivity contribution in [3.63, 3.8) is 0 Å². The van der Waals surface area contributed by atoms with E-state index in [0.717, 1.165) is 25.7 Å². The molecule has 84 valence electrons. The van der Waals surface area contributed by atoms with Gasteiger partial charge >= 0.3 is 8.80 Å². The van der Waals surface area contributed by atoms with Crippen LogP contribution < -0.4 is 0 Å². The zero-order chi connectivity index (χ0) is 10.6. The number of rotatable bonds is 4. The Labute approximate surface area is 92.9 Å². The molecule has 0 atom stereocenters. The van der Waals surface area contributed by atoms with Gasteiger partial charge in [-0.25, -0.2) is 0 Å². The van der Waals surface area contributed by atoms with Crippen molar-refractivity contribution in [2.75, 3.05) is 21.3 Å². The highest BCUT2D eigenvalue weighted by Gasteiger charge is 2.47. The Morgan fingerprint density at radius 2 is 1.36 bits per heavy atom. The Balaban J connectivity index is 2.60. The largest absolute Gasteiger partial charge is 0.503 e. The molecule has 0 bridgehead atoms. The lowest BCUT2D eigenvalue weighted by atomic mass is 9.99. The van der Waals surface area contributed by atoms with Crippen LogP contribution in [0.5, 0.6) is 0 Å². The molecule has 1 aliphatic rings. The summed E-state index contributed by atoms with van der Waals surface area (Å²) in [5.41, 5.74) is 0.450. The van der Waals surface area contributed by atoms with Crippen molar-refractivity contribution in [2.45, 2.75) is 36.5 Å². The van der Waals surface area contributed by atoms with E-state index in [4.69, 9.17) is 13.3 Å². The Kier molecular flexibility index (Phi) is 4.92. The second-order valence-corrected chi connectivity index (χ2v) is 7.70. The Bertz CT molecular complexity index is 159. The van der Waals surface area contributed by atoms with Crippen molar-refractivity contribution < 1.29 is 13.3 Å². The Morgan fingerprint density at radius 1 is 0.929 bits per heavy atom. The molecule has 0 N–H and O–H groups in total. The molecule has 0 radical (unpaired) electrons. The van der Waals surface area contributed by atoms with Crippen LogP contribution in [0.1, 0.15) is 25.7 Å². The summed E-state index contributed by atoms with van der Waals surface area (Å²) < 4.78 is 16.4. The van der Waals surface area contributed by atoms with Gasteiger partial charge < -0.3 is 13.3 Å². The molecular weight excluding hydrogens is 216 g/mol. The van der Waals surface area contributed by atoms with Gasteiger partial charge in [0.25, 0.3) is 0 Å². The maximum atomic E-state index is 5.48. The summed E-state index contributed by atoms with van der Waals surface area (Å²) in [5, 5.41) is 0.545. The first kappa shape index (κ1) is 12.5. The second-order valence-electron chi connectivity index (χ2n) is 3.72. The minimum absolute atomic E-state index is 0.450. The molecular formula is C9H20O3SSi. The lowest BCUT2D eigenvalue weighted by Crippen LogP contribution is -2.48. The minimum Gasteiger partial charge on any atom is -0.377 e. The van der Waals surface area contributed by atoms with Crippen LogP contribution >= 0.6 is 12.6 Å². The average Bonchev–Trinajstić information content (AvgIpc) is 2.24. The molecule has 0 aliphatic heterocycles. The van der Waals surface area contributed by atoms with Crippen molar-refractivity contribution in [3.8, 4) is 0 Å². The summed E-state index contributed by atoms with van der Waals surface area (Å²) in [6.07, 6.45) is 4.49. The van der Waals surface area contributed by atoms with E-state index in [-0.39, 0.29) is 0 Å². The van der Waals surface area contributed by atoms with Gasteiger partial charge in [0.1, 0.15) is 0 Å². The third kappa shape index (κ3) is 2.52. The predicted octanol–water partition coefficient (Wildman–Crippen LogP) is 2.11. The van der Waals surface area contributed by atoms with Gasteiger partial charge in [-0.1, -0.05) is 0 Å². The van der Waals surface area contributed by atoms with E-state index in [1.165, 1.54) is 0 Å². The first-order valence-electron chi connectivity index (χ1n) is 5.02. The van der Waals surface area contributed by atoms with Gasteiger partial charge in [-0.3, -0.25) is 0 Å².